The fraction of sp³-hybridized carbons (Fsp3) is 0.350. The van der Waals surface area contributed by atoms with Gasteiger partial charge in [0.1, 0.15) is 12.4 Å². The van der Waals surface area contributed by atoms with Crippen molar-refractivity contribution in [3.8, 4) is 0 Å². The van der Waals surface area contributed by atoms with Gasteiger partial charge in [-0.2, -0.15) is 0 Å². The number of esters is 1. The molecule has 8 heteroatoms. The van der Waals surface area contributed by atoms with Crippen molar-refractivity contribution in [3.63, 3.8) is 0 Å². The molecule has 0 spiro atoms. The monoisotopic (exact) mass is 390 g/mol. The summed E-state index contributed by atoms with van der Waals surface area (Å²) in [5.74, 6) is 0.960. The molecule has 0 saturated heterocycles. The van der Waals surface area contributed by atoms with Gasteiger partial charge >= 0.3 is 5.97 Å². The van der Waals surface area contributed by atoms with Crippen molar-refractivity contribution in [1.82, 2.24) is 0 Å². The smallest absolute Gasteiger partial charge is 0.338 e. The summed E-state index contributed by atoms with van der Waals surface area (Å²) in [6.45, 7) is 0.00332. The highest BCUT2D eigenvalue weighted by Gasteiger charge is 2.13. The largest absolute Gasteiger partial charge is 0.501 e. The first-order chi connectivity index (χ1) is 13.4. The number of carbonyl (C=O) groups excluding carboxylic acids is 1. The van der Waals surface area contributed by atoms with E-state index in [-0.39, 0.29) is 18.8 Å². The molecular formula is C20H26N2O6. The maximum absolute atomic E-state index is 11.9. The Hall–Kier alpha value is -2.97. The van der Waals surface area contributed by atoms with Crippen molar-refractivity contribution in [3.05, 3.63) is 59.1 Å². The van der Waals surface area contributed by atoms with Gasteiger partial charge in [0, 0.05) is 23.9 Å². The van der Waals surface area contributed by atoms with E-state index in [4.69, 9.17) is 30.4 Å². The van der Waals surface area contributed by atoms with Crippen LogP contribution in [0.1, 0.15) is 23.2 Å². The number of aliphatic hydroxyl groups excluding tert-OH is 1. The summed E-state index contributed by atoms with van der Waals surface area (Å²) in [5.41, 5.74) is 13.2. The molecule has 1 aromatic rings. The predicted octanol–water partition coefficient (Wildman–Crippen LogP) is 2.12. The van der Waals surface area contributed by atoms with Gasteiger partial charge in [-0.25, -0.2) is 4.79 Å². The van der Waals surface area contributed by atoms with E-state index in [1.54, 1.807) is 26.4 Å². The van der Waals surface area contributed by atoms with E-state index in [0.717, 1.165) is 24.2 Å². The Morgan fingerprint density at radius 3 is 2.50 bits per heavy atom. The van der Waals surface area contributed by atoms with Crippen LogP contribution in [-0.4, -0.2) is 44.8 Å². The number of ether oxygens (including phenoxy) is 4. The van der Waals surface area contributed by atoms with Gasteiger partial charge in [-0.1, -0.05) is 6.08 Å². The second-order valence-corrected chi connectivity index (χ2v) is 6.05. The molecule has 1 unspecified atom stereocenters. The number of nitrogen functional groups attached to an aromatic ring is 2. The van der Waals surface area contributed by atoms with Crippen LogP contribution in [0.4, 0.5) is 11.4 Å². The fourth-order valence-corrected chi connectivity index (χ4v) is 2.64. The van der Waals surface area contributed by atoms with Crippen LogP contribution >= 0.6 is 0 Å². The average molecular weight is 390 g/mol. The molecule has 0 heterocycles. The maximum atomic E-state index is 11.9. The fourth-order valence-electron chi connectivity index (χ4n) is 2.64. The summed E-state index contributed by atoms with van der Waals surface area (Å²) in [6, 6.07) is 4.50. The molecule has 8 nitrogen and oxygen atoms in total. The second kappa shape index (κ2) is 10.4. The first-order valence-electron chi connectivity index (χ1n) is 8.75. The van der Waals surface area contributed by atoms with Crippen molar-refractivity contribution in [2.24, 2.45) is 0 Å². The van der Waals surface area contributed by atoms with E-state index in [1.165, 1.54) is 18.2 Å². The number of hydrogen-bond acceptors (Lipinski definition) is 8. The van der Waals surface area contributed by atoms with Gasteiger partial charge in [0.15, 0.2) is 6.29 Å². The van der Waals surface area contributed by atoms with Crippen molar-refractivity contribution < 1.29 is 28.8 Å². The number of benzene rings is 1. The summed E-state index contributed by atoms with van der Waals surface area (Å²) in [6.07, 6.45) is 5.41. The normalized spacial score (nSPS) is 15.3. The number of anilines is 2. The Morgan fingerprint density at radius 2 is 1.86 bits per heavy atom. The molecule has 28 heavy (non-hydrogen) atoms. The Bertz CT molecular complexity index is 765. The third-order valence-electron chi connectivity index (χ3n) is 4.01. The number of rotatable bonds is 9. The standard InChI is InChI=1S/C20H26N2O6/c1-25-17-5-3-13(18(12-17)26-2)4-6-19(23)27-7-8-28-20(24)14-9-15(21)11-16(22)10-14/h4,6,9-12,19,23H,3,5,7-8,21-22H2,1-2H3/b6-4+. The lowest BCUT2D eigenvalue weighted by Crippen LogP contribution is -2.16. The van der Waals surface area contributed by atoms with Crippen LogP contribution in [0.2, 0.25) is 0 Å². The molecule has 0 bridgehead atoms. The summed E-state index contributed by atoms with van der Waals surface area (Å²) in [4.78, 5) is 11.9. The molecule has 0 fully saturated rings. The summed E-state index contributed by atoms with van der Waals surface area (Å²) in [7, 11) is 3.19. The lowest BCUT2D eigenvalue weighted by molar-refractivity contribution is -0.0760. The van der Waals surface area contributed by atoms with Gasteiger partial charge in [0.05, 0.1) is 32.1 Å². The number of carbonyl (C=O) groups is 1. The molecule has 0 saturated carbocycles. The molecular weight excluding hydrogens is 364 g/mol. The zero-order chi connectivity index (χ0) is 20.5. The maximum Gasteiger partial charge on any atom is 0.338 e. The predicted molar refractivity (Wildman–Crippen MR) is 105 cm³/mol. The van der Waals surface area contributed by atoms with Crippen LogP contribution in [-0.2, 0) is 18.9 Å². The van der Waals surface area contributed by atoms with E-state index in [0.29, 0.717) is 17.1 Å². The highest BCUT2D eigenvalue weighted by molar-refractivity contribution is 5.91. The molecule has 1 aliphatic carbocycles. The third-order valence-corrected chi connectivity index (χ3v) is 4.01. The summed E-state index contributed by atoms with van der Waals surface area (Å²) >= 11 is 0. The number of allylic oxidation sites excluding steroid dienone is 4. The number of methoxy groups -OCH3 is 2. The molecule has 0 aromatic heterocycles. The van der Waals surface area contributed by atoms with Crippen molar-refractivity contribution in [2.45, 2.75) is 19.1 Å². The minimum absolute atomic E-state index is 0.0234. The van der Waals surface area contributed by atoms with Crippen molar-refractivity contribution in [1.29, 1.82) is 0 Å². The van der Waals surface area contributed by atoms with E-state index < -0.39 is 12.3 Å². The molecule has 0 radical (unpaired) electrons. The van der Waals surface area contributed by atoms with Gasteiger partial charge in [-0.05, 0) is 36.3 Å². The SMILES string of the molecule is COC1=CC(OC)=C(/C=C/C(O)OCCOC(=O)c2cc(N)cc(N)c2)CC1. The number of nitrogens with two attached hydrogens (primary N) is 2. The molecule has 152 valence electrons. The highest BCUT2D eigenvalue weighted by atomic mass is 16.6. The van der Waals surface area contributed by atoms with E-state index in [1.807, 2.05) is 6.08 Å². The van der Waals surface area contributed by atoms with E-state index >= 15 is 0 Å². The quantitative estimate of drug-likeness (QED) is 0.253. The van der Waals surface area contributed by atoms with Gasteiger partial charge in [-0.3, -0.25) is 0 Å². The molecule has 1 aliphatic rings. The zero-order valence-corrected chi connectivity index (χ0v) is 16.0. The minimum atomic E-state index is -1.14. The van der Waals surface area contributed by atoms with Crippen LogP contribution in [0, 0.1) is 0 Å². The van der Waals surface area contributed by atoms with Crippen LogP contribution in [0.5, 0.6) is 0 Å². The van der Waals surface area contributed by atoms with Crippen LogP contribution < -0.4 is 11.5 Å². The van der Waals surface area contributed by atoms with Crippen molar-refractivity contribution in [2.75, 3.05) is 38.9 Å². The van der Waals surface area contributed by atoms with Gasteiger partial charge < -0.3 is 35.5 Å². The van der Waals surface area contributed by atoms with E-state index in [2.05, 4.69) is 0 Å². The van der Waals surface area contributed by atoms with Gasteiger partial charge in [-0.15, -0.1) is 0 Å². The Balaban J connectivity index is 1.79. The van der Waals surface area contributed by atoms with Crippen LogP contribution in [0.15, 0.2) is 53.5 Å². The van der Waals surface area contributed by atoms with Crippen LogP contribution in [0.3, 0.4) is 0 Å². The third kappa shape index (κ3) is 6.33. The Kier molecular flexibility index (Phi) is 7.91. The first-order valence-corrected chi connectivity index (χ1v) is 8.75. The molecule has 0 amide bonds. The van der Waals surface area contributed by atoms with Crippen molar-refractivity contribution >= 4 is 17.3 Å². The first kappa shape index (κ1) is 21.3. The molecule has 1 aromatic carbocycles. The Morgan fingerprint density at radius 1 is 1.14 bits per heavy atom. The van der Waals surface area contributed by atoms with Gasteiger partial charge in [0.2, 0.25) is 0 Å². The lowest BCUT2D eigenvalue weighted by atomic mass is 10.0. The summed E-state index contributed by atoms with van der Waals surface area (Å²) in [5, 5.41) is 9.91. The number of hydrogen-bond donors (Lipinski definition) is 3. The van der Waals surface area contributed by atoms with Gasteiger partial charge in [0.25, 0.3) is 0 Å². The topological polar surface area (TPSA) is 126 Å². The highest BCUT2D eigenvalue weighted by Crippen LogP contribution is 2.25. The molecule has 1 atom stereocenters. The molecule has 2 rings (SSSR count). The average Bonchev–Trinajstić information content (AvgIpc) is 2.68. The lowest BCUT2D eigenvalue weighted by Gasteiger charge is -2.17. The minimum Gasteiger partial charge on any atom is -0.501 e. The van der Waals surface area contributed by atoms with E-state index in [9.17, 15) is 9.90 Å². The number of aliphatic hydroxyl groups is 1. The summed E-state index contributed by atoms with van der Waals surface area (Å²) < 4.78 is 20.8. The molecule has 5 N–H and O–H groups in total. The van der Waals surface area contributed by atoms with Crippen LogP contribution in [0.25, 0.3) is 0 Å². The zero-order valence-electron chi connectivity index (χ0n) is 16.0. The Labute approximate surface area is 164 Å². The second-order valence-electron chi connectivity index (χ2n) is 6.05. The molecule has 0 aliphatic heterocycles.